The lowest BCUT2D eigenvalue weighted by molar-refractivity contribution is -0.113. The maximum atomic E-state index is 12.6. The fourth-order valence-electron chi connectivity index (χ4n) is 4.93. The van der Waals surface area contributed by atoms with Crippen molar-refractivity contribution in [3.63, 3.8) is 0 Å². The lowest BCUT2D eigenvalue weighted by atomic mass is 9.99. The van der Waals surface area contributed by atoms with Gasteiger partial charge in [0.2, 0.25) is 5.91 Å². The second-order valence-electron chi connectivity index (χ2n) is 9.38. The summed E-state index contributed by atoms with van der Waals surface area (Å²) in [6, 6.07) is 7.34. The fraction of sp³-hybridized carbons (Fsp3) is 0.346. The molecule has 1 aliphatic carbocycles. The van der Waals surface area contributed by atoms with Gasteiger partial charge in [0.1, 0.15) is 21.6 Å². The van der Waals surface area contributed by atoms with Crippen molar-refractivity contribution in [2.24, 2.45) is 5.92 Å². The highest BCUT2D eigenvalue weighted by Crippen LogP contribution is 2.41. The lowest BCUT2D eigenvalue weighted by Gasteiger charge is -2.11. The molecular weight excluding hydrogens is 492 g/mol. The molecule has 0 saturated carbocycles. The predicted octanol–water partition coefficient (Wildman–Crippen LogP) is 5.31. The Bertz CT molecular complexity index is 1620. The number of thiophene rings is 1. The first-order chi connectivity index (χ1) is 17.5. The first-order valence-electron chi connectivity index (χ1n) is 12.1. The minimum Gasteiger partial charge on any atom is -0.495 e. The third kappa shape index (κ3) is 3.98. The quantitative estimate of drug-likeness (QED) is 0.292. The summed E-state index contributed by atoms with van der Waals surface area (Å²) in [5.41, 5.74) is 6.45. The summed E-state index contributed by atoms with van der Waals surface area (Å²) in [7, 11) is 1.58. The van der Waals surface area contributed by atoms with Crippen molar-refractivity contribution >= 4 is 60.8 Å². The molecule has 10 heteroatoms. The molecule has 4 aromatic heterocycles. The van der Waals surface area contributed by atoms with Crippen LogP contribution >= 0.6 is 23.1 Å². The van der Waals surface area contributed by atoms with Crippen molar-refractivity contribution in [2.75, 3.05) is 18.2 Å². The molecule has 1 aromatic carbocycles. The molecule has 0 aliphatic heterocycles. The van der Waals surface area contributed by atoms with Crippen LogP contribution in [0.15, 0.2) is 35.7 Å². The second kappa shape index (κ2) is 9.33. The summed E-state index contributed by atoms with van der Waals surface area (Å²) in [5.74, 6) is 1.23. The summed E-state index contributed by atoms with van der Waals surface area (Å²) < 4.78 is 8.18. The van der Waals surface area contributed by atoms with Crippen LogP contribution in [-0.2, 0) is 24.1 Å². The van der Waals surface area contributed by atoms with Crippen LogP contribution in [0.1, 0.15) is 37.1 Å². The minimum atomic E-state index is -0.144. The maximum Gasteiger partial charge on any atom is 0.234 e. The lowest BCUT2D eigenvalue weighted by Crippen LogP contribution is -2.14. The third-order valence-corrected chi connectivity index (χ3v) is 8.47. The third-order valence-electron chi connectivity index (χ3n) is 6.45. The van der Waals surface area contributed by atoms with E-state index in [1.807, 2.05) is 28.7 Å². The molecule has 36 heavy (non-hydrogen) atoms. The number of para-hydroxylation sites is 2. The highest BCUT2D eigenvalue weighted by molar-refractivity contribution is 7.99. The first kappa shape index (κ1) is 23.2. The highest BCUT2D eigenvalue weighted by atomic mass is 32.2. The molecule has 1 amide bonds. The Morgan fingerprint density at radius 1 is 1.22 bits per heavy atom. The predicted molar refractivity (Wildman–Crippen MR) is 144 cm³/mol. The fourth-order valence-corrected chi connectivity index (χ4v) is 6.79. The van der Waals surface area contributed by atoms with Crippen molar-refractivity contribution in [2.45, 2.75) is 44.7 Å². The Morgan fingerprint density at radius 2 is 2.06 bits per heavy atom. The van der Waals surface area contributed by atoms with Crippen LogP contribution in [0.4, 0.5) is 5.69 Å². The Hall–Kier alpha value is -3.24. The van der Waals surface area contributed by atoms with Crippen LogP contribution in [0.2, 0.25) is 0 Å². The molecule has 6 rings (SSSR count). The van der Waals surface area contributed by atoms with Gasteiger partial charge in [0.05, 0.1) is 24.1 Å². The number of aromatic nitrogens is 5. The molecule has 0 saturated heterocycles. The Morgan fingerprint density at radius 3 is 2.89 bits per heavy atom. The number of carbonyl (C=O) groups is 1. The second-order valence-corrected chi connectivity index (χ2v) is 11.3. The molecule has 184 valence electrons. The standard InChI is InChI=1S/C26H26N6O2S2/c1-14(2)11-18-15-7-6-8-16(15)21-22-23(36-25(21)29-18)24-30-31-26(32(24)13-27-22)35-12-20(33)28-17-9-4-5-10-19(17)34-3/h4-5,9-10,13-14H,6-8,11-12H2,1-3H3,(H,28,33). The van der Waals surface area contributed by atoms with Crippen LogP contribution < -0.4 is 10.1 Å². The van der Waals surface area contributed by atoms with E-state index in [-0.39, 0.29) is 11.7 Å². The monoisotopic (exact) mass is 518 g/mol. The van der Waals surface area contributed by atoms with Crippen LogP contribution in [0.5, 0.6) is 5.75 Å². The molecule has 0 unspecified atom stereocenters. The normalized spacial score (nSPS) is 13.2. The first-order valence-corrected chi connectivity index (χ1v) is 13.9. The molecule has 0 fully saturated rings. The number of hydrogen-bond donors (Lipinski definition) is 1. The van der Waals surface area contributed by atoms with Gasteiger partial charge in [-0.05, 0) is 54.9 Å². The number of aryl methyl sites for hydroxylation is 1. The Balaban J connectivity index is 1.32. The number of rotatable bonds is 7. The average molecular weight is 519 g/mol. The summed E-state index contributed by atoms with van der Waals surface area (Å²) >= 11 is 2.97. The van der Waals surface area contributed by atoms with E-state index in [9.17, 15) is 4.79 Å². The van der Waals surface area contributed by atoms with Gasteiger partial charge in [-0.15, -0.1) is 21.5 Å². The van der Waals surface area contributed by atoms with E-state index < -0.39 is 0 Å². The molecule has 1 N–H and O–H groups in total. The van der Waals surface area contributed by atoms with Crippen LogP contribution in [0, 0.1) is 5.92 Å². The van der Waals surface area contributed by atoms with Gasteiger partial charge in [0.15, 0.2) is 10.8 Å². The largest absolute Gasteiger partial charge is 0.495 e. The number of thioether (sulfide) groups is 1. The van der Waals surface area contributed by atoms with Gasteiger partial charge in [-0.25, -0.2) is 9.97 Å². The number of pyridine rings is 1. The number of benzene rings is 1. The molecule has 8 nitrogen and oxygen atoms in total. The van der Waals surface area contributed by atoms with E-state index in [1.54, 1.807) is 24.8 Å². The van der Waals surface area contributed by atoms with Crippen LogP contribution in [0.25, 0.3) is 26.1 Å². The Labute approximate surface area is 216 Å². The molecule has 0 bridgehead atoms. The van der Waals surface area contributed by atoms with E-state index >= 15 is 0 Å². The van der Waals surface area contributed by atoms with Gasteiger partial charge >= 0.3 is 0 Å². The number of anilines is 1. The van der Waals surface area contributed by atoms with Crippen molar-refractivity contribution in [1.82, 2.24) is 24.6 Å². The van der Waals surface area contributed by atoms with Gasteiger partial charge in [-0.1, -0.05) is 37.7 Å². The van der Waals surface area contributed by atoms with E-state index in [4.69, 9.17) is 14.7 Å². The molecule has 0 radical (unpaired) electrons. The van der Waals surface area contributed by atoms with Crippen molar-refractivity contribution < 1.29 is 9.53 Å². The highest BCUT2D eigenvalue weighted by Gasteiger charge is 2.25. The van der Waals surface area contributed by atoms with Crippen molar-refractivity contribution in [3.05, 3.63) is 47.4 Å². The van der Waals surface area contributed by atoms with E-state index in [0.29, 0.717) is 22.5 Å². The molecule has 1 aliphatic rings. The zero-order valence-electron chi connectivity index (χ0n) is 20.4. The number of carbonyl (C=O) groups excluding carboxylic acids is 1. The number of amides is 1. The number of hydrogen-bond acceptors (Lipinski definition) is 8. The zero-order valence-corrected chi connectivity index (χ0v) is 22.0. The molecule has 0 atom stereocenters. The summed E-state index contributed by atoms with van der Waals surface area (Å²) in [4.78, 5) is 23.6. The number of methoxy groups -OCH3 is 1. The zero-order chi connectivity index (χ0) is 24.8. The van der Waals surface area contributed by atoms with Crippen molar-refractivity contribution in [3.8, 4) is 5.75 Å². The smallest absolute Gasteiger partial charge is 0.234 e. The van der Waals surface area contributed by atoms with Crippen molar-refractivity contribution in [1.29, 1.82) is 0 Å². The number of nitrogens with zero attached hydrogens (tertiary/aromatic N) is 5. The Kier molecular flexibility index (Phi) is 6.00. The van der Waals surface area contributed by atoms with Gasteiger partial charge in [-0.2, -0.15) is 0 Å². The minimum absolute atomic E-state index is 0.144. The van der Waals surface area contributed by atoms with Gasteiger partial charge in [0, 0.05) is 11.1 Å². The van der Waals surface area contributed by atoms with E-state index in [0.717, 1.165) is 40.0 Å². The SMILES string of the molecule is COc1ccccc1NC(=O)CSc1nnc2c3sc4nc(CC(C)C)c5c(c4c3ncn12)CCC5. The van der Waals surface area contributed by atoms with Gasteiger partial charge in [-0.3, -0.25) is 9.20 Å². The summed E-state index contributed by atoms with van der Waals surface area (Å²) in [5, 5.41) is 13.6. The van der Waals surface area contributed by atoms with E-state index in [2.05, 4.69) is 29.4 Å². The molecule has 4 heterocycles. The summed E-state index contributed by atoms with van der Waals surface area (Å²) in [6.45, 7) is 4.49. The molecule has 0 spiro atoms. The van der Waals surface area contributed by atoms with Gasteiger partial charge < -0.3 is 10.1 Å². The number of fused-ring (bicyclic) bond motifs is 7. The molecule has 5 aromatic rings. The average Bonchev–Trinajstić information content (AvgIpc) is 3.59. The van der Waals surface area contributed by atoms with Crippen LogP contribution in [-0.4, -0.2) is 43.3 Å². The summed E-state index contributed by atoms with van der Waals surface area (Å²) in [6.07, 6.45) is 6.12. The molecular formula is C26H26N6O2S2. The van der Waals surface area contributed by atoms with Gasteiger partial charge in [0.25, 0.3) is 0 Å². The van der Waals surface area contributed by atoms with E-state index in [1.165, 1.54) is 40.4 Å². The number of nitrogens with one attached hydrogen (secondary N) is 1. The maximum absolute atomic E-state index is 12.6. The topological polar surface area (TPSA) is 94.3 Å². The van der Waals surface area contributed by atoms with Crippen LogP contribution in [0.3, 0.4) is 0 Å². The number of ether oxygens (including phenoxy) is 1.